The fourth-order valence-corrected chi connectivity index (χ4v) is 6.88. The molecule has 3 aromatic rings. The maximum Gasteiger partial charge on any atom is 0.340 e. The molecular weight excluding hydrogens is 618 g/mol. The first-order valence-electron chi connectivity index (χ1n) is 16.9. The molecule has 0 atom stereocenters. The Bertz CT molecular complexity index is 1560. The molecule has 1 N–H and O–H groups in total. The standard InChI is InChI=1S/C37H42ClN3O6/c38-13-3-1-2-4-19-44-21-22-45-20-14-39-35(42)26-7-10-29-32(23-26)37(47-36(29)43)30-11-8-27(40-15-5-16-40)24-33(30)46-34-25-28(9-12-31(34)37)41-17-6-18-41/h7-12,23-25H,1-6,13-22H2,(H,39,42). The quantitative estimate of drug-likeness (QED) is 0.117. The predicted molar refractivity (Wildman–Crippen MR) is 182 cm³/mol. The lowest BCUT2D eigenvalue weighted by Crippen LogP contribution is -2.38. The molecule has 4 aliphatic heterocycles. The Balaban J connectivity index is 1.08. The fourth-order valence-electron chi connectivity index (χ4n) is 6.70. The van der Waals surface area contributed by atoms with Gasteiger partial charge in [0.25, 0.3) is 5.91 Å². The summed E-state index contributed by atoms with van der Waals surface area (Å²) in [6, 6.07) is 17.4. The number of carbonyl (C=O) groups excluding carboxylic acids is 2. The van der Waals surface area contributed by atoms with E-state index in [0.29, 0.717) is 67.0 Å². The molecule has 1 spiro atoms. The van der Waals surface area contributed by atoms with Gasteiger partial charge in [0.15, 0.2) is 5.60 Å². The number of amides is 1. The van der Waals surface area contributed by atoms with Gasteiger partial charge in [-0.1, -0.05) is 12.8 Å². The van der Waals surface area contributed by atoms with E-state index in [2.05, 4.69) is 27.2 Å². The van der Waals surface area contributed by atoms with Gasteiger partial charge in [0.05, 0.1) is 25.4 Å². The molecule has 10 heteroatoms. The van der Waals surface area contributed by atoms with Gasteiger partial charge in [-0.05, 0) is 68.1 Å². The van der Waals surface area contributed by atoms with Crippen LogP contribution in [0, 0.1) is 0 Å². The monoisotopic (exact) mass is 659 g/mol. The minimum atomic E-state index is -1.24. The van der Waals surface area contributed by atoms with Crippen LogP contribution >= 0.6 is 11.6 Å². The summed E-state index contributed by atoms with van der Waals surface area (Å²) in [4.78, 5) is 31.4. The SMILES string of the molecule is O=C(NCCOCCOCCCCCCCl)c1ccc2c(c1)C1(OC2=O)c2ccc(N3CCC3)cc2Oc2cc(N3CCC3)ccc21. The highest BCUT2D eigenvalue weighted by Gasteiger charge is 2.54. The molecule has 2 saturated heterocycles. The van der Waals surface area contributed by atoms with Crippen molar-refractivity contribution in [1.29, 1.82) is 0 Å². The highest BCUT2D eigenvalue weighted by molar-refractivity contribution is 6.17. The molecular formula is C37H42ClN3O6. The Morgan fingerprint density at radius 3 is 2.02 bits per heavy atom. The summed E-state index contributed by atoms with van der Waals surface area (Å²) in [6.45, 7) is 6.46. The lowest BCUT2D eigenvalue weighted by atomic mass is 9.77. The Morgan fingerprint density at radius 2 is 1.40 bits per heavy atom. The summed E-state index contributed by atoms with van der Waals surface area (Å²) in [6.07, 6.45) is 6.65. The summed E-state index contributed by atoms with van der Waals surface area (Å²) >= 11 is 5.71. The number of halogens is 1. The first kappa shape index (κ1) is 31.8. The molecule has 3 aromatic carbocycles. The van der Waals surface area contributed by atoms with E-state index in [1.54, 1.807) is 18.2 Å². The van der Waals surface area contributed by atoms with Gasteiger partial charge >= 0.3 is 5.97 Å². The molecule has 0 radical (unpaired) electrons. The third-order valence-corrected chi connectivity index (χ3v) is 9.82. The molecule has 4 heterocycles. The molecule has 7 rings (SSSR count). The first-order chi connectivity index (χ1) is 23.1. The third kappa shape index (κ3) is 6.28. The van der Waals surface area contributed by atoms with Gasteiger partial charge in [0, 0.05) is 91.0 Å². The van der Waals surface area contributed by atoms with Crippen molar-refractivity contribution >= 4 is 34.9 Å². The number of anilines is 2. The maximum atomic E-state index is 13.5. The lowest BCUT2D eigenvalue weighted by molar-refractivity contribution is 0.0224. The molecule has 0 aliphatic carbocycles. The van der Waals surface area contributed by atoms with Crippen LogP contribution in [0.1, 0.15) is 75.9 Å². The third-order valence-electron chi connectivity index (χ3n) is 9.55. The Kier molecular flexibility index (Phi) is 9.56. The zero-order chi connectivity index (χ0) is 32.2. The van der Waals surface area contributed by atoms with Gasteiger partial charge < -0.3 is 34.1 Å². The van der Waals surface area contributed by atoms with E-state index in [1.807, 2.05) is 24.3 Å². The van der Waals surface area contributed by atoms with Crippen molar-refractivity contribution in [1.82, 2.24) is 5.32 Å². The number of benzene rings is 3. The Hall–Kier alpha value is -3.79. The van der Waals surface area contributed by atoms with Crippen LogP contribution in [0.3, 0.4) is 0 Å². The Labute approximate surface area is 281 Å². The first-order valence-corrected chi connectivity index (χ1v) is 17.5. The Morgan fingerprint density at radius 1 is 0.766 bits per heavy atom. The second-order valence-electron chi connectivity index (χ2n) is 12.6. The topological polar surface area (TPSA) is 89.6 Å². The van der Waals surface area contributed by atoms with E-state index >= 15 is 0 Å². The van der Waals surface area contributed by atoms with Gasteiger partial charge in [-0.25, -0.2) is 4.79 Å². The lowest BCUT2D eigenvalue weighted by Gasteiger charge is -2.39. The number of nitrogens with one attached hydrogen (secondary N) is 1. The largest absolute Gasteiger partial charge is 0.456 e. The molecule has 1 amide bonds. The van der Waals surface area contributed by atoms with Crippen LogP contribution in [-0.4, -0.2) is 76.9 Å². The number of ether oxygens (including phenoxy) is 4. The molecule has 0 saturated carbocycles. The maximum absolute atomic E-state index is 13.5. The van der Waals surface area contributed by atoms with Crippen LogP contribution in [-0.2, 0) is 19.8 Å². The zero-order valence-electron chi connectivity index (χ0n) is 26.7. The fraction of sp³-hybridized carbons (Fsp3) is 0.459. The number of fused-ring (bicyclic) bond motifs is 6. The van der Waals surface area contributed by atoms with E-state index < -0.39 is 11.6 Å². The predicted octanol–water partition coefficient (Wildman–Crippen LogP) is 6.24. The summed E-state index contributed by atoms with van der Waals surface area (Å²) in [5.41, 5.74) is 3.96. The number of unbranched alkanes of at least 4 members (excludes halogenated alkanes) is 3. The van der Waals surface area contributed by atoms with Crippen LogP contribution in [0.4, 0.5) is 11.4 Å². The van der Waals surface area contributed by atoms with Gasteiger partial charge in [-0.3, -0.25) is 4.79 Å². The van der Waals surface area contributed by atoms with E-state index in [-0.39, 0.29) is 5.91 Å². The smallest absolute Gasteiger partial charge is 0.340 e. The number of esters is 1. The van der Waals surface area contributed by atoms with Crippen molar-refractivity contribution in [2.75, 3.05) is 74.8 Å². The minimum Gasteiger partial charge on any atom is -0.456 e. The summed E-state index contributed by atoms with van der Waals surface area (Å²) in [5, 5.41) is 2.95. The molecule has 9 nitrogen and oxygen atoms in total. The number of carbonyl (C=O) groups is 2. The minimum absolute atomic E-state index is 0.243. The number of alkyl halides is 1. The summed E-state index contributed by atoms with van der Waals surface area (Å²) in [7, 11) is 0. The van der Waals surface area contributed by atoms with Crippen molar-refractivity contribution in [2.45, 2.75) is 44.1 Å². The van der Waals surface area contributed by atoms with E-state index in [9.17, 15) is 9.59 Å². The second kappa shape index (κ2) is 14.1. The van der Waals surface area contributed by atoms with E-state index in [4.69, 9.17) is 30.5 Å². The van der Waals surface area contributed by atoms with Crippen molar-refractivity contribution in [2.24, 2.45) is 0 Å². The number of hydrogen-bond donors (Lipinski definition) is 1. The molecule has 248 valence electrons. The van der Waals surface area contributed by atoms with Crippen LogP contribution < -0.4 is 19.9 Å². The number of rotatable bonds is 15. The van der Waals surface area contributed by atoms with Crippen LogP contribution in [0.2, 0.25) is 0 Å². The number of nitrogens with zero attached hydrogens (tertiary/aromatic N) is 2. The molecule has 2 fully saturated rings. The molecule has 0 bridgehead atoms. The van der Waals surface area contributed by atoms with Gasteiger partial charge in [0.2, 0.25) is 0 Å². The van der Waals surface area contributed by atoms with Crippen molar-refractivity contribution in [3.63, 3.8) is 0 Å². The highest BCUT2D eigenvalue weighted by Crippen LogP contribution is 2.57. The molecule has 47 heavy (non-hydrogen) atoms. The van der Waals surface area contributed by atoms with Crippen LogP contribution in [0.25, 0.3) is 0 Å². The van der Waals surface area contributed by atoms with Crippen molar-refractivity contribution < 1.29 is 28.5 Å². The molecule has 0 unspecified atom stereocenters. The van der Waals surface area contributed by atoms with E-state index in [1.165, 1.54) is 0 Å². The summed E-state index contributed by atoms with van der Waals surface area (Å²) in [5.74, 6) is 1.37. The average molecular weight is 660 g/mol. The normalized spacial score (nSPS) is 16.8. The van der Waals surface area contributed by atoms with E-state index in [0.717, 1.165) is 87.2 Å². The zero-order valence-corrected chi connectivity index (χ0v) is 27.5. The van der Waals surface area contributed by atoms with Crippen LogP contribution in [0.5, 0.6) is 11.5 Å². The van der Waals surface area contributed by atoms with Gasteiger partial charge in [-0.15, -0.1) is 11.6 Å². The van der Waals surface area contributed by atoms with Gasteiger partial charge in [0.1, 0.15) is 11.5 Å². The molecule has 4 aliphatic rings. The second-order valence-corrected chi connectivity index (χ2v) is 12.9. The van der Waals surface area contributed by atoms with Crippen molar-refractivity contribution in [3.05, 3.63) is 82.4 Å². The van der Waals surface area contributed by atoms with Crippen LogP contribution in [0.15, 0.2) is 54.6 Å². The molecule has 0 aromatic heterocycles. The van der Waals surface area contributed by atoms with Crippen molar-refractivity contribution in [3.8, 4) is 11.5 Å². The van der Waals surface area contributed by atoms with Gasteiger partial charge in [-0.2, -0.15) is 0 Å². The summed E-state index contributed by atoms with van der Waals surface area (Å²) < 4.78 is 24.3. The number of hydrogen-bond acceptors (Lipinski definition) is 8. The highest BCUT2D eigenvalue weighted by atomic mass is 35.5. The average Bonchev–Trinajstić information content (AvgIpc) is 3.31.